The van der Waals surface area contributed by atoms with E-state index in [2.05, 4.69) is 25.5 Å². The zero-order chi connectivity index (χ0) is 22.1. The Kier molecular flexibility index (Phi) is 5.07. The maximum absolute atomic E-state index is 12.8. The number of pyridine rings is 1. The van der Waals surface area contributed by atoms with Crippen molar-refractivity contribution in [1.29, 1.82) is 0 Å². The van der Waals surface area contributed by atoms with E-state index in [9.17, 15) is 9.59 Å². The van der Waals surface area contributed by atoms with Gasteiger partial charge in [-0.3, -0.25) is 9.78 Å². The van der Waals surface area contributed by atoms with Crippen LogP contribution in [0.25, 0.3) is 17.1 Å². The van der Waals surface area contributed by atoms with Gasteiger partial charge in [0.25, 0.3) is 5.91 Å². The van der Waals surface area contributed by atoms with E-state index in [-0.39, 0.29) is 11.8 Å². The highest BCUT2D eigenvalue weighted by molar-refractivity contribution is 6.04. The van der Waals surface area contributed by atoms with E-state index < -0.39 is 11.7 Å². The number of ether oxygens (including phenoxy) is 1. The lowest BCUT2D eigenvalue weighted by molar-refractivity contribution is 0.0996. The number of anilines is 2. The number of rotatable bonds is 5. The molecule has 4 aromatic rings. The average molecular weight is 436 g/mol. The van der Waals surface area contributed by atoms with Gasteiger partial charge < -0.3 is 29.1 Å². The minimum Gasteiger partial charge on any atom is -0.497 e. The van der Waals surface area contributed by atoms with Crippen LogP contribution in [0.1, 0.15) is 10.6 Å². The number of amides is 1. The Labute approximate surface area is 181 Å². The Morgan fingerprint density at radius 3 is 2.84 bits per heavy atom. The van der Waals surface area contributed by atoms with Crippen LogP contribution in [0.3, 0.4) is 0 Å². The molecule has 1 aliphatic heterocycles. The number of carbonyl (C=O) groups is 1. The average Bonchev–Trinajstić information content (AvgIpc) is 3.43. The molecule has 1 amide bonds. The molecule has 0 atom stereocenters. The van der Waals surface area contributed by atoms with Crippen molar-refractivity contribution in [3.63, 3.8) is 0 Å². The first-order valence-electron chi connectivity index (χ1n) is 10.0. The highest BCUT2D eigenvalue weighted by atomic mass is 16.5. The van der Waals surface area contributed by atoms with Crippen molar-refractivity contribution in [2.45, 2.75) is 0 Å². The summed E-state index contributed by atoms with van der Waals surface area (Å²) in [5.41, 5.74) is 2.20. The molecule has 11 heteroatoms. The summed E-state index contributed by atoms with van der Waals surface area (Å²) in [6.45, 7) is 3.36. The molecule has 5 rings (SSSR count). The standard InChI is InChI=1S/C21H20N6O5/c1-30-13-2-3-16-17(10-13)32-21(29)27(16)20-24-12-18(31-20)19(28)25-14-11-23-5-4-15(14)26-8-6-22-7-9-26/h2-5,10-12,22H,6-9H2,1H3,(H,25,28). The fourth-order valence-electron chi connectivity index (χ4n) is 3.63. The van der Waals surface area contributed by atoms with E-state index in [4.69, 9.17) is 13.6 Å². The third kappa shape index (κ3) is 3.58. The number of nitrogens with zero attached hydrogens (tertiary/aromatic N) is 4. The Morgan fingerprint density at radius 1 is 1.19 bits per heavy atom. The van der Waals surface area contributed by atoms with Crippen LogP contribution in [-0.2, 0) is 0 Å². The lowest BCUT2D eigenvalue weighted by Crippen LogP contribution is -2.43. The van der Waals surface area contributed by atoms with Crippen LogP contribution in [0.2, 0.25) is 0 Å². The number of fused-ring (bicyclic) bond motifs is 1. The Balaban J connectivity index is 1.42. The van der Waals surface area contributed by atoms with E-state index in [0.29, 0.717) is 22.5 Å². The van der Waals surface area contributed by atoms with Crippen LogP contribution >= 0.6 is 0 Å². The molecule has 1 fully saturated rings. The molecule has 4 heterocycles. The molecular weight excluding hydrogens is 416 g/mol. The molecule has 11 nitrogen and oxygen atoms in total. The van der Waals surface area contributed by atoms with Gasteiger partial charge in [0, 0.05) is 38.4 Å². The van der Waals surface area contributed by atoms with Crippen molar-refractivity contribution >= 4 is 28.4 Å². The summed E-state index contributed by atoms with van der Waals surface area (Å²) in [6.07, 6.45) is 4.54. The van der Waals surface area contributed by atoms with Crippen molar-refractivity contribution in [2.75, 3.05) is 43.5 Å². The van der Waals surface area contributed by atoms with Gasteiger partial charge >= 0.3 is 11.8 Å². The van der Waals surface area contributed by atoms with Crippen LogP contribution < -0.4 is 26.0 Å². The minimum atomic E-state index is -0.685. The normalized spacial score (nSPS) is 14.0. The number of oxazole rings is 2. The van der Waals surface area contributed by atoms with Crippen LogP contribution in [0.4, 0.5) is 11.4 Å². The van der Waals surface area contributed by atoms with Crippen molar-refractivity contribution in [1.82, 2.24) is 19.9 Å². The number of piperazine rings is 1. The van der Waals surface area contributed by atoms with Gasteiger partial charge in [-0.05, 0) is 18.2 Å². The summed E-state index contributed by atoms with van der Waals surface area (Å²) >= 11 is 0. The number of hydrogen-bond donors (Lipinski definition) is 2. The second-order valence-corrected chi connectivity index (χ2v) is 7.13. The molecule has 164 valence electrons. The van der Waals surface area contributed by atoms with Crippen LogP contribution in [0, 0.1) is 0 Å². The number of aromatic nitrogens is 3. The van der Waals surface area contributed by atoms with Crippen molar-refractivity contribution in [2.24, 2.45) is 0 Å². The molecule has 0 bridgehead atoms. The predicted octanol–water partition coefficient (Wildman–Crippen LogP) is 1.64. The molecule has 0 unspecified atom stereocenters. The molecule has 1 aliphatic rings. The molecule has 32 heavy (non-hydrogen) atoms. The SMILES string of the molecule is COc1ccc2c(c1)oc(=O)n2-c1ncc(C(=O)Nc2cnccc2N2CCNCC2)o1. The van der Waals surface area contributed by atoms with E-state index in [0.717, 1.165) is 36.4 Å². The Morgan fingerprint density at radius 2 is 2.03 bits per heavy atom. The Bertz CT molecular complexity index is 1330. The molecule has 0 saturated carbocycles. The Hall–Kier alpha value is -4.12. The highest BCUT2D eigenvalue weighted by Crippen LogP contribution is 2.26. The second kappa shape index (κ2) is 8.19. The minimum absolute atomic E-state index is 0.0510. The summed E-state index contributed by atoms with van der Waals surface area (Å²) < 4.78 is 17.2. The summed E-state index contributed by atoms with van der Waals surface area (Å²) in [6, 6.07) is 6.71. The number of nitrogens with one attached hydrogen (secondary N) is 2. The fourth-order valence-corrected chi connectivity index (χ4v) is 3.63. The molecule has 0 spiro atoms. The van der Waals surface area contributed by atoms with Crippen LogP contribution in [0.15, 0.2) is 56.5 Å². The first kappa shape index (κ1) is 19.8. The third-order valence-electron chi connectivity index (χ3n) is 5.20. The first-order chi connectivity index (χ1) is 15.6. The van der Waals surface area contributed by atoms with E-state index in [1.165, 1.54) is 13.3 Å². The van der Waals surface area contributed by atoms with Crippen LogP contribution in [0.5, 0.6) is 5.75 Å². The lowest BCUT2D eigenvalue weighted by atomic mass is 10.2. The summed E-state index contributed by atoms with van der Waals surface area (Å²) in [5, 5.41) is 6.12. The molecule has 2 N–H and O–H groups in total. The smallest absolute Gasteiger partial charge is 0.428 e. The first-order valence-corrected chi connectivity index (χ1v) is 10.0. The maximum Gasteiger partial charge on any atom is 0.428 e. The highest BCUT2D eigenvalue weighted by Gasteiger charge is 2.21. The third-order valence-corrected chi connectivity index (χ3v) is 5.20. The zero-order valence-electron chi connectivity index (χ0n) is 17.2. The summed E-state index contributed by atoms with van der Waals surface area (Å²) in [5.74, 6) is -0.696. The topological polar surface area (TPSA) is 128 Å². The number of methoxy groups -OCH3 is 1. The van der Waals surface area contributed by atoms with Gasteiger partial charge in [0.2, 0.25) is 5.76 Å². The van der Waals surface area contributed by atoms with Crippen molar-refractivity contribution in [3.8, 4) is 11.8 Å². The quantitative estimate of drug-likeness (QED) is 0.480. The van der Waals surface area contributed by atoms with Gasteiger partial charge in [-0.15, -0.1) is 0 Å². The molecule has 1 aromatic carbocycles. The van der Waals surface area contributed by atoms with Crippen LogP contribution in [-0.4, -0.2) is 53.7 Å². The van der Waals surface area contributed by atoms with Crippen molar-refractivity contribution < 1.29 is 18.4 Å². The maximum atomic E-state index is 12.8. The fraction of sp³-hybridized carbons (Fsp3) is 0.238. The molecular formula is C21H20N6O5. The van der Waals surface area contributed by atoms with E-state index in [1.54, 1.807) is 30.6 Å². The van der Waals surface area contributed by atoms with Gasteiger partial charge in [0.05, 0.1) is 30.9 Å². The summed E-state index contributed by atoms with van der Waals surface area (Å²) in [7, 11) is 1.52. The van der Waals surface area contributed by atoms with Gasteiger partial charge in [-0.1, -0.05) is 0 Å². The molecule has 3 aromatic heterocycles. The number of hydrogen-bond acceptors (Lipinski definition) is 9. The molecule has 0 aliphatic carbocycles. The van der Waals surface area contributed by atoms with Gasteiger partial charge in [0.1, 0.15) is 11.3 Å². The van der Waals surface area contributed by atoms with Gasteiger partial charge in [0.15, 0.2) is 5.58 Å². The lowest BCUT2D eigenvalue weighted by Gasteiger charge is -2.30. The van der Waals surface area contributed by atoms with Crippen molar-refractivity contribution in [3.05, 3.63) is 59.2 Å². The summed E-state index contributed by atoms with van der Waals surface area (Å²) in [4.78, 5) is 35.6. The van der Waals surface area contributed by atoms with E-state index in [1.807, 2.05) is 6.07 Å². The van der Waals surface area contributed by atoms with Gasteiger partial charge in [-0.2, -0.15) is 4.57 Å². The predicted molar refractivity (Wildman–Crippen MR) is 116 cm³/mol. The zero-order valence-corrected chi connectivity index (χ0v) is 17.2. The van der Waals surface area contributed by atoms with E-state index >= 15 is 0 Å². The number of benzene rings is 1. The molecule has 1 saturated heterocycles. The van der Waals surface area contributed by atoms with Gasteiger partial charge in [-0.25, -0.2) is 9.78 Å². The number of carbonyl (C=O) groups excluding carboxylic acids is 1. The second-order valence-electron chi connectivity index (χ2n) is 7.13. The monoisotopic (exact) mass is 436 g/mol. The molecule has 0 radical (unpaired) electrons. The largest absolute Gasteiger partial charge is 0.497 e.